The number of halogens is 4. The maximum Gasteiger partial charge on any atom is 0.417 e. The number of likely N-dealkylation sites (tertiary alicyclic amines) is 1. The van der Waals surface area contributed by atoms with Crippen LogP contribution < -0.4 is 5.32 Å². The number of anilines is 1. The van der Waals surface area contributed by atoms with E-state index in [2.05, 4.69) is 27.4 Å². The van der Waals surface area contributed by atoms with Crippen LogP contribution in [0.15, 0.2) is 48.9 Å². The van der Waals surface area contributed by atoms with Gasteiger partial charge in [-0.05, 0) is 43.0 Å². The van der Waals surface area contributed by atoms with Gasteiger partial charge in [0.2, 0.25) is 0 Å². The van der Waals surface area contributed by atoms with E-state index in [0.29, 0.717) is 35.2 Å². The van der Waals surface area contributed by atoms with Crippen LogP contribution in [0.4, 0.5) is 19.0 Å². The molecule has 0 bridgehead atoms. The molecule has 0 radical (unpaired) electrons. The molecule has 33 heavy (non-hydrogen) atoms. The molecule has 174 valence electrons. The summed E-state index contributed by atoms with van der Waals surface area (Å²) >= 11 is 6.44. The minimum absolute atomic E-state index is 0.165. The van der Waals surface area contributed by atoms with E-state index in [1.165, 1.54) is 23.3 Å². The number of amides is 1. The van der Waals surface area contributed by atoms with Crippen LogP contribution in [-0.4, -0.2) is 49.9 Å². The van der Waals surface area contributed by atoms with E-state index >= 15 is 0 Å². The number of nitrogens with one attached hydrogen (secondary N) is 1. The number of alkyl halides is 3. The second-order valence-corrected chi connectivity index (χ2v) is 8.36. The Morgan fingerprint density at radius 2 is 1.97 bits per heavy atom. The zero-order valence-corrected chi connectivity index (χ0v) is 18.5. The lowest BCUT2D eigenvalue weighted by molar-refractivity contribution is -0.137. The molecule has 0 spiro atoms. The van der Waals surface area contributed by atoms with E-state index in [1.807, 2.05) is 0 Å². The molecule has 1 aromatic carbocycles. The number of aromatic nitrogens is 4. The molecule has 11 heteroatoms. The third-order valence-corrected chi connectivity index (χ3v) is 6.11. The molecular formula is C22H22ClF3N6O. The average Bonchev–Trinajstić information content (AvgIpc) is 3.32. The van der Waals surface area contributed by atoms with Gasteiger partial charge in [0.25, 0.3) is 5.91 Å². The van der Waals surface area contributed by atoms with Gasteiger partial charge < -0.3 is 10.2 Å². The summed E-state index contributed by atoms with van der Waals surface area (Å²) in [6, 6.07) is 7.17. The highest BCUT2D eigenvalue weighted by Gasteiger charge is 2.35. The molecular weight excluding hydrogens is 457 g/mol. The van der Waals surface area contributed by atoms with E-state index < -0.39 is 11.7 Å². The Labute approximate surface area is 193 Å². The van der Waals surface area contributed by atoms with Crippen molar-refractivity contribution >= 4 is 23.3 Å². The van der Waals surface area contributed by atoms with Crippen molar-refractivity contribution in [2.75, 3.05) is 18.4 Å². The minimum Gasteiger partial charge on any atom is -0.368 e. The van der Waals surface area contributed by atoms with Crippen molar-refractivity contribution in [3.8, 4) is 5.69 Å². The van der Waals surface area contributed by atoms with Crippen molar-refractivity contribution in [3.05, 3.63) is 65.1 Å². The zero-order valence-electron chi connectivity index (χ0n) is 17.8. The van der Waals surface area contributed by atoms with Crippen molar-refractivity contribution in [3.63, 3.8) is 0 Å². The monoisotopic (exact) mass is 478 g/mol. The number of hydrogen-bond acceptors (Lipinski definition) is 5. The number of carbonyl (C=O) groups excluding carboxylic acids is 1. The topological polar surface area (TPSA) is 75.9 Å². The summed E-state index contributed by atoms with van der Waals surface area (Å²) in [5.74, 6) is 0.234. The molecule has 0 aliphatic carbocycles. The van der Waals surface area contributed by atoms with Crippen molar-refractivity contribution in [1.82, 2.24) is 24.9 Å². The fraction of sp³-hybridized carbons (Fsp3) is 0.364. The fourth-order valence-electron chi connectivity index (χ4n) is 4.06. The van der Waals surface area contributed by atoms with Crippen LogP contribution in [0.5, 0.6) is 0 Å². The first-order valence-electron chi connectivity index (χ1n) is 10.5. The van der Waals surface area contributed by atoms with Crippen LogP contribution in [0.1, 0.15) is 35.7 Å². The number of carbonyl (C=O) groups is 1. The molecule has 2 aromatic heterocycles. The number of hydrogen-bond donors (Lipinski definition) is 1. The Hall–Kier alpha value is -3.14. The maximum atomic E-state index is 13.7. The molecule has 1 amide bonds. The molecule has 3 heterocycles. The van der Waals surface area contributed by atoms with E-state index in [9.17, 15) is 18.0 Å². The molecule has 0 unspecified atom stereocenters. The van der Waals surface area contributed by atoms with Gasteiger partial charge >= 0.3 is 6.18 Å². The van der Waals surface area contributed by atoms with Crippen molar-refractivity contribution in [2.24, 2.45) is 5.92 Å². The van der Waals surface area contributed by atoms with Gasteiger partial charge in [0.1, 0.15) is 5.82 Å². The average molecular weight is 479 g/mol. The highest BCUT2D eigenvalue weighted by atomic mass is 35.5. The van der Waals surface area contributed by atoms with Gasteiger partial charge in [-0.3, -0.25) is 4.79 Å². The summed E-state index contributed by atoms with van der Waals surface area (Å²) in [7, 11) is 0. The van der Waals surface area contributed by atoms with Crippen molar-refractivity contribution < 1.29 is 18.0 Å². The molecule has 1 aliphatic rings. The lowest BCUT2D eigenvalue weighted by Crippen LogP contribution is -2.51. The largest absolute Gasteiger partial charge is 0.417 e. The highest BCUT2D eigenvalue weighted by molar-refractivity contribution is 6.34. The predicted molar refractivity (Wildman–Crippen MR) is 117 cm³/mol. The maximum absolute atomic E-state index is 13.7. The summed E-state index contributed by atoms with van der Waals surface area (Å²) in [6.07, 6.45) is 1.14. The van der Waals surface area contributed by atoms with Crippen molar-refractivity contribution in [1.29, 1.82) is 0 Å². The second kappa shape index (κ2) is 9.38. The third kappa shape index (κ3) is 4.95. The minimum atomic E-state index is -4.44. The molecule has 0 saturated carbocycles. The first-order chi connectivity index (χ1) is 15.8. The lowest BCUT2D eigenvalue weighted by Gasteiger charge is -2.40. The fourth-order valence-corrected chi connectivity index (χ4v) is 4.31. The molecule has 1 aliphatic heterocycles. The quantitative estimate of drug-likeness (QED) is 0.576. The lowest BCUT2D eigenvalue weighted by atomic mass is 9.90. The van der Waals surface area contributed by atoms with Crippen LogP contribution in [0.2, 0.25) is 5.02 Å². The van der Waals surface area contributed by atoms with Gasteiger partial charge in [0.15, 0.2) is 0 Å². The smallest absolute Gasteiger partial charge is 0.368 e. The molecule has 4 rings (SSSR count). The van der Waals surface area contributed by atoms with Crippen LogP contribution >= 0.6 is 11.6 Å². The Balaban J connectivity index is 1.56. The third-order valence-electron chi connectivity index (χ3n) is 5.80. The van der Waals surface area contributed by atoms with Gasteiger partial charge in [0.05, 0.1) is 40.3 Å². The first-order valence-corrected chi connectivity index (χ1v) is 10.9. The molecule has 1 fully saturated rings. The first kappa shape index (κ1) is 23.0. The summed E-state index contributed by atoms with van der Waals surface area (Å²) in [4.78, 5) is 20.6. The number of pyridine rings is 1. The Morgan fingerprint density at radius 1 is 1.21 bits per heavy atom. The molecule has 1 N–H and O–H groups in total. The number of rotatable bonds is 5. The Morgan fingerprint density at radius 3 is 2.64 bits per heavy atom. The van der Waals surface area contributed by atoms with Crippen LogP contribution in [-0.2, 0) is 6.18 Å². The standard InChI is InChI=1S/C22H22ClF3N6O/c1-14-4-3-11-31(18(14)13-28-19-8-7-15(12-27-19)22(24,25)26)21(33)20-16(23)5-2-6-17(20)32-29-9-10-30-32/h2,5-10,12,14,18H,3-4,11,13H2,1H3,(H,27,28)/t14-,18-/m1/s1. The summed E-state index contributed by atoms with van der Waals surface area (Å²) in [5.41, 5.74) is -0.0247. The Kier molecular flexibility index (Phi) is 6.55. The van der Waals surface area contributed by atoms with Gasteiger partial charge in [-0.1, -0.05) is 24.6 Å². The van der Waals surface area contributed by atoms with Gasteiger partial charge in [0, 0.05) is 19.3 Å². The van der Waals surface area contributed by atoms with Crippen molar-refractivity contribution in [2.45, 2.75) is 32.0 Å². The summed E-state index contributed by atoms with van der Waals surface area (Å²) in [5, 5.41) is 11.6. The predicted octanol–water partition coefficient (Wildman–Crippen LogP) is 4.69. The molecule has 1 saturated heterocycles. The Bertz CT molecular complexity index is 1100. The number of benzene rings is 1. The van der Waals surface area contributed by atoms with Gasteiger partial charge in [-0.2, -0.15) is 28.2 Å². The van der Waals surface area contributed by atoms with Gasteiger partial charge in [-0.25, -0.2) is 4.98 Å². The van der Waals surface area contributed by atoms with Crippen LogP contribution in [0.25, 0.3) is 5.69 Å². The summed E-state index contributed by atoms with van der Waals surface area (Å²) in [6.45, 7) is 2.92. The van der Waals surface area contributed by atoms with E-state index in [0.717, 1.165) is 25.1 Å². The number of nitrogens with zero attached hydrogens (tertiary/aromatic N) is 5. The zero-order chi connectivity index (χ0) is 23.6. The SMILES string of the molecule is C[C@@H]1CCCN(C(=O)c2c(Cl)cccc2-n2nccn2)[C@@H]1CNc1ccc(C(F)(F)F)cn1. The highest BCUT2D eigenvalue weighted by Crippen LogP contribution is 2.31. The summed E-state index contributed by atoms with van der Waals surface area (Å²) < 4.78 is 38.4. The second-order valence-electron chi connectivity index (χ2n) is 7.95. The van der Waals surface area contributed by atoms with E-state index in [1.54, 1.807) is 23.1 Å². The van der Waals surface area contributed by atoms with Crippen LogP contribution in [0.3, 0.4) is 0 Å². The normalized spacial score (nSPS) is 18.9. The van der Waals surface area contributed by atoms with E-state index in [-0.39, 0.29) is 17.9 Å². The number of piperidine rings is 1. The van der Waals surface area contributed by atoms with Crippen LogP contribution in [0, 0.1) is 5.92 Å². The van der Waals surface area contributed by atoms with Gasteiger partial charge in [-0.15, -0.1) is 0 Å². The molecule has 3 aromatic rings. The van der Waals surface area contributed by atoms with E-state index in [4.69, 9.17) is 11.6 Å². The molecule has 7 nitrogen and oxygen atoms in total. The molecule has 2 atom stereocenters.